The van der Waals surface area contributed by atoms with E-state index < -0.39 is 16.8 Å². The number of carboxylic acids is 1. The monoisotopic (exact) mass is 213 g/mol. The minimum Gasteiger partial charge on any atom is -0.480 e. The van der Waals surface area contributed by atoms with Crippen molar-refractivity contribution in [1.29, 1.82) is 0 Å². The van der Waals surface area contributed by atoms with Crippen LogP contribution in [0, 0.1) is 10.1 Å². The zero-order valence-electron chi connectivity index (χ0n) is 7.41. The highest BCUT2D eigenvalue weighted by Crippen LogP contribution is 2.13. The molecule has 0 saturated carbocycles. The minimum absolute atomic E-state index is 0.166. The maximum atomic E-state index is 10.2. The minimum atomic E-state index is -1.06. The summed E-state index contributed by atoms with van der Waals surface area (Å²) < 4.78 is 4.72. The standard InChI is InChI=1S/C7H7N3O5/c11-7(12)4-9-8-3-5-1-2-6(15-5)10(13)14/h1-3,9H,4H2,(H,11,12). The van der Waals surface area contributed by atoms with E-state index in [0.29, 0.717) is 0 Å². The Morgan fingerprint density at radius 1 is 1.73 bits per heavy atom. The number of hydrogen-bond donors (Lipinski definition) is 2. The molecule has 0 radical (unpaired) electrons. The molecule has 0 aliphatic rings. The summed E-state index contributed by atoms with van der Waals surface area (Å²) in [5.41, 5.74) is 2.21. The number of hydrogen-bond acceptors (Lipinski definition) is 6. The third-order valence-electron chi connectivity index (χ3n) is 1.31. The van der Waals surface area contributed by atoms with Crippen molar-refractivity contribution in [1.82, 2.24) is 5.43 Å². The molecule has 1 rings (SSSR count). The molecule has 2 N–H and O–H groups in total. The lowest BCUT2D eigenvalue weighted by atomic mass is 10.5. The molecule has 0 saturated heterocycles. The molecule has 0 spiro atoms. The van der Waals surface area contributed by atoms with Gasteiger partial charge in [0.1, 0.15) is 11.5 Å². The van der Waals surface area contributed by atoms with Gasteiger partial charge in [-0.15, -0.1) is 0 Å². The number of carboxylic acid groups (broad SMARTS) is 1. The number of furan rings is 1. The molecule has 1 aromatic rings. The first-order valence-electron chi connectivity index (χ1n) is 3.81. The molecule has 0 aliphatic carbocycles. The van der Waals surface area contributed by atoms with E-state index in [-0.39, 0.29) is 12.3 Å². The molecule has 8 nitrogen and oxygen atoms in total. The normalized spacial score (nSPS) is 10.4. The van der Waals surface area contributed by atoms with Gasteiger partial charge < -0.3 is 9.52 Å². The number of carbonyl (C=O) groups is 1. The molecule has 0 aliphatic heterocycles. The fourth-order valence-electron chi connectivity index (χ4n) is 0.732. The van der Waals surface area contributed by atoms with Gasteiger partial charge >= 0.3 is 11.9 Å². The van der Waals surface area contributed by atoms with Crippen molar-refractivity contribution in [3.05, 3.63) is 28.0 Å². The van der Waals surface area contributed by atoms with Gasteiger partial charge in [0, 0.05) is 0 Å². The van der Waals surface area contributed by atoms with Crippen LogP contribution in [0.5, 0.6) is 0 Å². The van der Waals surface area contributed by atoms with Crippen LogP contribution in [0.15, 0.2) is 21.7 Å². The lowest BCUT2D eigenvalue weighted by Gasteiger charge is -1.91. The summed E-state index contributed by atoms with van der Waals surface area (Å²) in [7, 11) is 0. The summed E-state index contributed by atoms with van der Waals surface area (Å²) in [5, 5.41) is 21.9. The van der Waals surface area contributed by atoms with Crippen LogP contribution in [0.4, 0.5) is 5.88 Å². The number of rotatable bonds is 5. The van der Waals surface area contributed by atoms with Gasteiger partial charge in [-0.2, -0.15) is 5.10 Å². The number of hydrazone groups is 1. The molecule has 0 amide bonds. The topological polar surface area (TPSA) is 118 Å². The van der Waals surface area contributed by atoms with Gasteiger partial charge in [-0.3, -0.25) is 20.3 Å². The molecule has 0 fully saturated rings. The van der Waals surface area contributed by atoms with Crippen LogP contribution in [0.25, 0.3) is 0 Å². The Kier molecular flexibility index (Phi) is 3.38. The highest BCUT2D eigenvalue weighted by molar-refractivity contribution is 5.76. The zero-order valence-corrected chi connectivity index (χ0v) is 7.41. The molecule has 0 unspecified atom stereocenters. The maximum absolute atomic E-state index is 10.2. The third-order valence-corrected chi connectivity index (χ3v) is 1.31. The SMILES string of the molecule is O=C(O)CNN=Cc1ccc([N+](=O)[O-])o1. The van der Waals surface area contributed by atoms with Gasteiger partial charge in [-0.1, -0.05) is 0 Å². The summed E-state index contributed by atoms with van der Waals surface area (Å²) in [6, 6.07) is 2.53. The molecule has 1 heterocycles. The van der Waals surface area contributed by atoms with E-state index in [1.807, 2.05) is 0 Å². The summed E-state index contributed by atoms with van der Waals surface area (Å²) in [5.74, 6) is -1.29. The second-order valence-corrected chi connectivity index (χ2v) is 2.42. The van der Waals surface area contributed by atoms with Crippen molar-refractivity contribution < 1.29 is 19.2 Å². The van der Waals surface area contributed by atoms with Crippen LogP contribution >= 0.6 is 0 Å². The largest absolute Gasteiger partial charge is 0.480 e. The van der Waals surface area contributed by atoms with E-state index in [2.05, 4.69) is 10.5 Å². The van der Waals surface area contributed by atoms with E-state index >= 15 is 0 Å². The van der Waals surface area contributed by atoms with Crippen molar-refractivity contribution in [2.45, 2.75) is 0 Å². The Bertz CT molecular complexity index is 397. The Morgan fingerprint density at radius 3 is 3.00 bits per heavy atom. The van der Waals surface area contributed by atoms with E-state index in [4.69, 9.17) is 9.52 Å². The van der Waals surface area contributed by atoms with Crippen LogP contribution in [-0.2, 0) is 4.79 Å². The van der Waals surface area contributed by atoms with Gasteiger partial charge in [-0.05, 0) is 6.07 Å². The predicted molar refractivity (Wildman–Crippen MR) is 48.6 cm³/mol. The zero-order chi connectivity index (χ0) is 11.3. The summed E-state index contributed by atoms with van der Waals surface area (Å²) in [6.45, 7) is -0.334. The maximum Gasteiger partial charge on any atom is 0.433 e. The van der Waals surface area contributed by atoms with Crippen LogP contribution in [0.2, 0.25) is 0 Å². The Labute approximate surface area is 83.3 Å². The quantitative estimate of drug-likeness (QED) is 0.409. The molecule has 1 aromatic heterocycles. The van der Waals surface area contributed by atoms with E-state index in [9.17, 15) is 14.9 Å². The third kappa shape index (κ3) is 3.46. The first-order chi connectivity index (χ1) is 7.09. The van der Waals surface area contributed by atoms with E-state index in [0.717, 1.165) is 6.21 Å². The fourth-order valence-corrected chi connectivity index (χ4v) is 0.732. The summed E-state index contributed by atoms with van der Waals surface area (Å²) >= 11 is 0. The molecular weight excluding hydrogens is 206 g/mol. The van der Waals surface area contributed by atoms with E-state index in [1.165, 1.54) is 12.1 Å². The van der Waals surface area contributed by atoms with Gasteiger partial charge in [0.2, 0.25) is 0 Å². The van der Waals surface area contributed by atoms with Gasteiger partial charge in [0.05, 0.1) is 12.3 Å². The molecular formula is C7H7N3O5. The first kappa shape index (κ1) is 10.7. The number of nitrogens with one attached hydrogen (secondary N) is 1. The van der Waals surface area contributed by atoms with Crippen LogP contribution < -0.4 is 5.43 Å². The van der Waals surface area contributed by atoms with Crippen LogP contribution in [-0.4, -0.2) is 28.8 Å². The smallest absolute Gasteiger partial charge is 0.433 e. The number of nitrogens with zero attached hydrogens (tertiary/aromatic N) is 2. The molecule has 80 valence electrons. The first-order valence-corrected chi connectivity index (χ1v) is 3.81. The van der Waals surface area contributed by atoms with Crippen LogP contribution in [0.3, 0.4) is 0 Å². The molecule has 0 aromatic carbocycles. The molecule has 8 heteroatoms. The number of nitro groups is 1. The van der Waals surface area contributed by atoms with Gasteiger partial charge in [0.15, 0.2) is 5.76 Å². The molecule has 0 bridgehead atoms. The molecule has 0 atom stereocenters. The Balaban J connectivity index is 2.50. The second kappa shape index (κ2) is 4.74. The number of aliphatic carboxylic acids is 1. The van der Waals surface area contributed by atoms with Crippen molar-refractivity contribution in [2.24, 2.45) is 5.10 Å². The highest BCUT2D eigenvalue weighted by Gasteiger charge is 2.09. The van der Waals surface area contributed by atoms with E-state index in [1.54, 1.807) is 0 Å². The van der Waals surface area contributed by atoms with Gasteiger partial charge in [-0.25, -0.2) is 0 Å². The van der Waals surface area contributed by atoms with Crippen molar-refractivity contribution >= 4 is 18.1 Å². The Hall–Kier alpha value is -2.38. The lowest BCUT2D eigenvalue weighted by molar-refractivity contribution is -0.402. The fraction of sp³-hybridized carbons (Fsp3) is 0.143. The molecule has 15 heavy (non-hydrogen) atoms. The second-order valence-electron chi connectivity index (χ2n) is 2.42. The predicted octanol–water partition coefficient (Wildman–Crippen LogP) is 0.196. The summed E-state index contributed by atoms with van der Waals surface area (Å²) in [6.07, 6.45) is 1.15. The van der Waals surface area contributed by atoms with Crippen LogP contribution in [0.1, 0.15) is 5.76 Å². The van der Waals surface area contributed by atoms with Crippen molar-refractivity contribution in [2.75, 3.05) is 6.54 Å². The highest BCUT2D eigenvalue weighted by atomic mass is 16.6. The van der Waals surface area contributed by atoms with Crippen molar-refractivity contribution in [3.8, 4) is 0 Å². The average Bonchev–Trinajstić information content (AvgIpc) is 2.60. The van der Waals surface area contributed by atoms with Crippen molar-refractivity contribution in [3.63, 3.8) is 0 Å². The Morgan fingerprint density at radius 2 is 2.47 bits per heavy atom. The summed E-state index contributed by atoms with van der Waals surface area (Å²) in [4.78, 5) is 19.6. The average molecular weight is 213 g/mol. The van der Waals surface area contributed by atoms with Gasteiger partial charge in [0.25, 0.3) is 0 Å². The lowest BCUT2D eigenvalue weighted by Crippen LogP contribution is -2.16.